The first-order valence-electron chi connectivity index (χ1n) is 9.31. The number of nitro groups is 2. The van der Waals surface area contributed by atoms with Crippen LogP contribution in [0, 0.1) is 20.2 Å². The van der Waals surface area contributed by atoms with E-state index in [1.54, 1.807) is 0 Å². The second-order valence-electron chi connectivity index (χ2n) is 7.30. The summed E-state index contributed by atoms with van der Waals surface area (Å²) in [5, 5.41) is 21.2. The van der Waals surface area contributed by atoms with Crippen LogP contribution in [0.3, 0.4) is 0 Å². The molecule has 16 heteroatoms. The van der Waals surface area contributed by atoms with Gasteiger partial charge in [-0.3, -0.25) is 20.2 Å². The third kappa shape index (κ3) is 11.7. The molecule has 0 radical (unpaired) electrons. The number of nitro benzene ring substituents is 2. The van der Waals surface area contributed by atoms with Crippen LogP contribution in [-0.2, 0) is 8.85 Å². The average Bonchev–Trinajstić information content (AvgIpc) is 2.66. The van der Waals surface area contributed by atoms with Crippen LogP contribution in [0.25, 0.3) is 0 Å². The largest absolute Gasteiger partial charge is 0.502 e. The minimum atomic E-state index is -3.36. The SMILES string of the molecule is C[Si](C)(O)O.C[Si](C)(OC(=O)Oc1ccc([N+](=O)[O-])cc1)OC(=O)Oc1ccc([N+](=O)[O-])cc1. The van der Waals surface area contributed by atoms with Gasteiger partial charge in [-0.15, -0.1) is 0 Å². The first-order valence-corrected chi connectivity index (χ1v) is 15.0. The van der Waals surface area contributed by atoms with Crippen molar-refractivity contribution in [2.45, 2.75) is 26.2 Å². The summed E-state index contributed by atoms with van der Waals surface area (Å²) in [7, 11) is -5.97. The predicted octanol–water partition coefficient (Wildman–Crippen LogP) is 3.61. The van der Waals surface area contributed by atoms with Crippen LogP contribution in [0.1, 0.15) is 0 Å². The molecule has 34 heavy (non-hydrogen) atoms. The lowest BCUT2D eigenvalue weighted by atomic mass is 10.3. The maximum Gasteiger partial charge on any atom is 0.502 e. The highest BCUT2D eigenvalue weighted by Gasteiger charge is 2.36. The van der Waals surface area contributed by atoms with Gasteiger partial charge in [0, 0.05) is 37.4 Å². The van der Waals surface area contributed by atoms with Crippen LogP contribution < -0.4 is 9.47 Å². The molecule has 0 saturated heterocycles. The Labute approximate surface area is 195 Å². The fourth-order valence-electron chi connectivity index (χ4n) is 1.93. The third-order valence-electron chi connectivity index (χ3n) is 3.16. The van der Waals surface area contributed by atoms with Gasteiger partial charge in [-0.2, -0.15) is 0 Å². The summed E-state index contributed by atoms with van der Waals surface area (Å²) in [5.74, 6) is -0.00212. The molecular weight excluding hydrogens is 492 g/mol. The van der Waals surface area contributed by atoms with Crippen molar-refractivity contribution in [1.29, 1.82) is 0 Å². The number of hydrogen-bond donors (Lipinski definition) is 2. The number of non-ortho nitro benzene ring substituents is 2. The Morgan fingerprint density at radius 3 is 1.21 bits per heavy atom. The number of nitrogens with zero attached hydrogens (tertiary/aromatic N) is 2. The Hall–Kier alpha value is -3.87. The quantitative estimate of drug-likeness (QED) is 0.187. The van der Waals surface area contributed by atoms with Crippen LogP contribution in [0.4, 0.5) is 21.0 Å². The van der Waals surface area contributed by atoms with Crippen LogP contribution in [-0.4, -0.2) is 48.9 Å². The molecule has 2 aromatic rings. The van der Waals surface area contributed by atoms with Gasteiger partial charge < -0.3 is 27.9 Å². The Balaban J connectivity index is 0.00000104. The van der Waals surface area contributed by atoms with E-state index in [0.717, 1.165) is 24.3 Å². The molecule has 0 bridgehead atoms. The van der Waals surface area contributed by atoms with E-state index < -0.39 is 39.3 Å². The molecule has 0 aromatic heterocycles. The Morgan fingerprint density at radius 1 is 0.706 bits per heavy atom. The molecule has 0 spiro atoms. The van der Waals surface area contributed by atoms with Gasteiger partial charge in [-0.25, -0.2) is 9.59 Å². The lowest BCUT2D eigenvalue weighted by molar-refractivity contribution is -0.385. The van der Waals surface area contributed by atoms with E-state index in [0.29, 0.717) is 0 Å². The summed E-state index contributed by atoms with van der Waals surface area (Å²) in [6, 6.07) is 9.39. The number of ether oxygens (including phenoxy) is 2. The summed E-state index contributed by atoms with van der Waals surface area (Å²) in [6.45, 7) is 5.63. The first kappa shape index (κ1) is 28.2. The molecule has 0 fully saturated rings. The van der Waals surface area contributed by atoms with Gasteiger partial charge in [0.15, 0.2) is 0 Å². The van der Waals surface area contributed by atoms with Gasteiger partial charge in [0.2, 0.25) is 0 Å². The highest BCUT2D eigenvalue weighted by atomic mass is 28.4. The van der Waals surface area contributed by atoms with E-state index in [1.165, 1.54) is 50.5 Å². The molecule has 0 amide bonds. The number of benzene rings is 2. The molecule has 0 saturated carbocycles. The van der Waals surface area contributed by atoms with E-state index in [2.05, 4.69) is 0 Å². The van der Waals surface area contributed by atoms with E-state index in [-0.39, 0.29) is 22.9 Å². The van der Waals surface area contributed by atoms with E-state index in [1.807, 2.05) is 0 Å². The standard InChI is InChI=1S/C16H14N2O10Si.C2H8O2Si/c1-29(2,27-15(19)25-13-7-3-11(4-8-13)17(21)22)28-16(20)26-14-9-5-12(6-10-14)18(23)24;1-5(2,3)4/h3-10H,1-2H3;3-4H,1-2H3. The van der Waals surface area contributed by atoms with Crippen LogP contribution >= 0.6 is 0 Å². The fraction of sp³-hybridized carbons (Fsp3) is 0.222. The summed E-state index contributed by atoms with van der Waals surface area (Å²) >= 11 is 0. The van der Waals surface area contributed by atoms with Gasteiger partial charge in [-0.1, -0.05) is 0 Å². The van der Waals surface area contributed by atoms with Crippen molar-refractivity contribution in [3.63, 3.8) is 0 Å². The summed E-state index contributed by atoms with van der Waals surface area (Å²) < 4.78 is 19.8. The van der Waals surface area contributed by atoms with Gasteiger partial charge in [0.25, 0.3) is 11.4 Å². The van der Waals surface area contributed by atoms with Crippen molar-refractivity contribution in [3.05, 3.63) is 68.8 Å². The Kier molecular flexibility index (Phi) is 9.81. The number of hydrogen-bond acceptors (Lipinski definition) is 12. The summed E-state index contributed by atoms with van der Waals surface area (Å²) in [4.78, 5) is 60.1. The van der Waals surface area contributed by atoms with E-state index in [4.69, 9.17) is 27.9 Å². The summed E-state index contributed by atoms with van der Waals surface area (Å²) in [6.07, 6.45) is -2.34. The second-order valence-corrected chi connectivity index (χ2v) is 13.5. The molecule has 2 aromatic carbocycles. The third-order valence-corrected chi connectivity index (χ3v) is 4.47. The van der Waals surface area contributed by atoms with Crippen molar-refractivity contribution < 1.29 is 47.4 Å². The molecule has 14 nitrogen and oxygen atoms in total. The monoisotopic (exact) mass is 514 g/mol. The molecule has 0 aliphatic heterocycles. The molecule has 0 aliphatic rings. The molecule has 184 valence electrons. The average molecular weight is 515 g/mol. The maximum absolute atomic E-state index is 11.8. The topological polar surface area (TPSA) is 198 Å². The fourth-order valence-corrected chi connectivity index (χ4v) is 2.86. The van der Waals surface area contributed by atoms with E-state index in [9.17, 15) is 29.8 Å². The maximum atomic E-state index is 11.8. The first-order chi connectivity index (χ1) is 15.6. The molecule has 0 unspecified atom stereocenters. The Bertz CT molecular complexity index is 939. The zero-order valence-corrected chi connectivity index (χ0v) is 20.5. The minimum absolute atomic E-state index is 0.00106. The number of carbonyl (C=O) groups is 2. The van der Waals surface area contributed by atoms with Crippen molar-refractivity contribution in [2.24, 2.45) is 0 Å². The molecule has 2 N–H and O–H groups in total. The highest BCUT2D eigenvalue weighted by Crippen LogP contribution is 2.20. The number of carbonyl (C=O) groups excluding carboxylic acids is 2. The van der Waals surface area contributed by atoms with Gasteiger partial charge in [-0.05, 0) is 37.4 Å². The predicted molar refractivity (Wildman–Crippen MR) is 120 cm³/mol. The molecule has 0 atom stereocenters. The molecule has 0 aliphatic carbocycles. The lowest BCUT2D eigenvalue weighted by Gasteiger charge is -2.21. The minimum Gasteiger partial charge on any atom is -0.453 e. The van der Waals surface area contributed by atoms with Crippen molar-refractivity contribution in [3.8, 4) is 11.5 Å². The number of rotatable bonds is 6. The van der Waals surface area contributed by atoms with Crippen LogP contribution in [0.2, 0.25) is 26.2 Å². The van der Waals surface area contributed by atoms with Gasteiger partial charge in [0.05, 0.1) is 9.85 Å². The zero-order chi connectivity index (χ0) is 26.1. The Morgan fingerprint density at radius 2 is 0.971 bits per heavy atom. The molecule has 2 rings (SSSR count). The zero-order valence-electron chi connectivity index (χ0n) is 18.5. The summed E-state index contributed by atoms with van der Waals surface area (Å²) in [5.41, 5.74) is -0.365. The van der Waals surface area contributed by atoms with Crippen molar-refractivity contribution >= 4 is 40.8 Å². The molecular formula is C18H22N2O12Si2. The second kappa shape index (κ2) is 11.8. The van der Waals surface area contributed by atoms with Crippen LogP contribution in [0.5, 0.6) is 11.5 Å². The lowest BCUT2D eigenvalue weighted by Crippen LogP contribution is -2.41. The molecule has 0 heterocycles. The van der Waals surface area contributed by atoms with Crippen LogP contribution in [0.15, 0.2) is 48.5 Å². The smallest absolute Gasteiger partial charge is 0.453 e. The highest BCUT2D eigenvalue weighted by molar-refractivity contribution is 6.67. The van der Waals surface area contributed by atoms with E-state index >= 15 is 0 Å². The van der Waals surface area contributed by atoms with Gasteiger partial charge >= 0.3 is 29.4 Å². The van der Waals surface area contributed by atoms with Gasteiger partial charge in [0.1, 0.15) is 11.5 Å². The van der Waals surface area contributed by atoms with Crippen molar-refractivity contribution in [1.82, 2.24) is 0 Å². The normalized spacial score (nSPS) is 10.8. The van der Waals surface area contributed by atoms with Crippen molar-refractivity contribution in [2.75, 3.05) is 0 Å².